The number of amides is 1. The first-order valence-corrected chi connectivity index (χ1v) is 8.51. The fourth-order valence-electron chi connectivity index (χ4n) is 4.50. The van der Waals surface area contributed by atoms with Gasteiger partial charge in [0.15, 0.2) is 5.76 Å². The standard InChI is InChI=1S/C19H24N2O2/c1-10-4-5-11(2)17-16(10)12(3)18(23-17)19(22)21-8-13-6-7-15(20)14(13)9-21/h4-5,13-15H,6-9,20H2,1-3H3. The summed E-state index contributed by atoms with van der Waals surface area (Å²) >= 11 is 0. The molecular weight excluding hydrogens is 288 g/mol. The zero-order chi connectivity index (χ0) is 16.3. The van der Waals surface area contributed by atoms with Crippen LogP contribution in [-0.2, 0) is 0 Å². The fourth-order valence-corrected chi connectivity index (χ4v) is 4.50. The molecule has 0 spiro atoms. The average Bonchev–Trinajstić information content (AvgIpc) is 3.18. The maximum atomic E-state index is 13.0. The summed E-state index contributed by atoms with van der Waals surface area (Å²) in [4.78, 5) is 14.9. The van der Waals surface area contributed by atoms with E-state index in [4.69, 9.17) is 10.2 Å². The Morgan fingerprint density at radius 2 is 1.91 bits per heavy atom. The molecule has 4 rings (SSSR count). The Hall–Kier alpha value is -1.81. The molecule has 2 aliphatic rings. The van der Waals surface area contributed by atoms with Crippen molar-refractivity contribution in [3.8, 4) is 0 Å². The van der Waals surface area contributed by atoms with Gasteiger partial charge < -0.3 is 15.1 Å². The minimum absolute atomic E-state index is 0.0269. The lowest BCUT2D eigenvalue weighted by Crippen LogP contribution is -2.33. The molecule has 2 heterocycles. The summed E-state index contributed by atoms with van der Waals surface area (Å²) in [6, 6.07) is 4.39. The van der Waals surface area contributed by atoms with Gasteiger partial charge in [-0.25, -0.2) is 0 Å². The van der Waals surface area contributed by atoms with Gasteiger partial charge in [0.2, 0.25) is 0 Å². The number of hydrogen-bond acceptors (Lipinski definition) is 3. The first kappa shape index (κ1) is 14.8. The number of hydrogen-bond donors (Lipinski definition) is 1. The zero-order valence-electron chi connectivity index (χ0n) is 14.1. The molecule has 2 N–H and O–H groups in total. The summed E-state index contributed by atoms with van der Waals surface area (Å²) in [6.07, 6.45) is 2.24. The van der Waals surface area contributed by atoms with Crippen LogP contribution in [0.1, 0.15) is 40.1 Å². The Bertz CT molecular complexity index is 792. The van der Waals surface area contributed by atoms with Crippen LogP contribution in [0.5, 0.6) is 0 Å². The number of furan rings is 1. The molecule has 1 saturated carbocycles. The maximum absolute atomic E-state index is 13.0. The van der Waals surface area contributed by atoms with Crippen LogP contribution in [-0.4, -0.2) is 29.9 Å². The molecule has 1 aromatic heterocycles. The monoisotopic (exact) mass is 312 g/mol. The van der Waals surface area contributed by atoms with Gasteiger partial charge in [-0.15, -0.1) is 0 Å². The van der Waals surface area contributed by atoms with Crippen LogP contribution in [0.3, 0.4) is 0 Å². The molecule has 3 unspecified atom stereocenters. The topological polar surface area (TPSA) is 59.5 Å². The number of aryl methyl sites for hydroxylation is 3. The third-order valence-corrected chi connectivity index (χ3v) is 5.88. The number of carbonyl (C=O) groups excluding carboxylic acids is 1. The zero-order valence-corrected chi connectivity index (χ0v) is 14.1. The molecule has 1 amide bonds. The maximum Gasteiger partial charge on any atom is 0.289 e. The van der Waals surface area contributed by atoms with Gasteiger partial charge >= 0.3 is 0 Å². The number of carbonyl (C=O) groups is 1. The van der Waals surface area contributed by atoms with Crippen molar-refractivity contribution in [3.63, 3.8) is 0 Å². The van der Waals surface area contributed by atoms with Crippen molar-refractivity contribution in [1.82, 2.24) is 4.90 Å². The van der Waals surface area contributed by atoms with Crippen LogP contribution in [0.2, 0.25) is 0 Å². The molecule has 23 heavy (non-hydrogen) atoms. The van der Waals surface area contributed by atoms with Crippen molar-refractivity contribution in [2.45, 2.75) is 39.7 Å². The Morgan fingerprint density at radius 3 is 2.61 bits per heavy atom. The minimum Gasteiger partial charge on any atom is -0.450 e. The van der Waals surface area contributed by atoms with Gasteiger partial charge in [0, 0.05) is 30.1 Å². The van der Waals surface area contributed by atoms with E-state index in [-0.39, 0.29) is 11.9 Å². The summed E-state index contributed by atoms with van der Waals surface area (Å²) in [5, 5.41) is 1.09. The van der Waals surface area contributed by atoms with Gasteiger partial charge in [0.1, 0.15) is 5.58 Å². The number of rotatable bonds is 1. The Kier molecular flexibility index (Phi) is 3.27. The van der Waals surface area contributed by atoms with Crippen molar-refractivity contribution in [3.05, 3.63) is 34.6 Å². The summed E-state index contributed by atoms with van der Waals surface area (Å²) in [6.45, 7) is 7.69. The van der Waals surface area contributed by atoms with Crippen LogP contribution in [0, 0.1) is 32.6 Å². The van der Waals surface area contributed by atoms with E-state index in [0.717, 1.165) is 53.6 Å². The van der Waals surface area contributed by atoms with Crippen LogP contribution < -0.4 is 5.73 Å². The van der Waals surface area contributed by atoms with E-state index in [1.807, 2.05) is 24.8 Å². The molecule has 0 bridgehead atoms. The molecule has 2 aromatic rings. The molecular formula is C19H24N2O2. The second kappa shape index (κ2) is 5.10. The molecule has 0 radical (unpaired) electrons. The molecule has 122 valence electrons. The highest BCUT2D eigenvalue weighted by molar-refractivity contribution is 6.00. The molecule has 1 saturated heterocycles. The molecule has 4 heteroatoms. The first-order chi connectivity index (χ1) is 11.0. The third-order valence-electron chi connectivity index (χ3n) is 5.88. The third kappa shape index (κ3) is 2.12. The Balaban J connectivity index is 1.70. The van der Waals surface area contributed by atoms with Crippen molar-refractivity contribution in [1.29, 1.82) is 0 Å². The molecule has 1 aromatic carbocycles. The molecule has 1 aliphatic heterocycles. The van der Waals surface area contributed by atoms with E-state index in [1.165, 1.54) is 0 Å². The lowest BCUT2D eigenvalue weighted by atomic mass is 9.98. The van der Waals surface area contributed by atoms with E-state index < -0.39 is 0 Å². The van der Waals surface area contributed by atoms with Crippen molar-refractivity contribution in [2.24, 2.45) is 17.6 Å². The van der Waals surface area contributed by atoms with E-state index in [1.54, 1.807) is 0 Å². The number of nitrogens with two attached hydrogens (primary N) is 1. The smallest absolute Gasteiger partial charge is 0.289 e. The molecule has 4 nitrogen and oxygen atoms in total. The van der Waals surface area contributed by atoms with Crippen molar-refractivity contribution in [2.75, 3.05) is 13.1 Å². The predicted molar refractivity (Wildman–Crippen MR) is 90.5 cm³/mol. The number of likely N-dealkylation sites (tertiary alicyclic amines) is 1. The van der Waals surface area contributed by atoms with Crippen LogP contribution in [0.4, 0.5) is 0 Å². The summed E-state index contributed by atoms with van der Waals surface area (Å²) in [5.41, 5.74) is 10.2. The highest BCUT2D eigenvalue weighted by Gasteiger charge is 2.43. The number of nitrogens with zero attached hydrogens (tertiary/aromatic N) is 1. The highest BCUT2D eigenvalue weighted by atomic mass is 16.3. The van der Waals surface area contributed by atoms with E-state index in [2.05, 4.69) is 13.0 Å². The van der Waals surface area contributed by atoms with Gasteiger partial charge in [-0.05, 0) is 56.6 Å². The Labute approximate surface area is 136 Å². The van der Waals surface area contributed by atoms with Crippen LogP contribution in [0.15, 0.2) is 16.5 Å². The second-order valence-corrected chi connectivity index (χ2v) is 7.33. The normalized spacial score (nSPS) is 27.0. The largest absolute Gasteiger partial charge is 0.450 e. The van der Waals surface area contributed by atoms with E-state index in [0.29, 0.717) is 17.6 Å². The average molecular weight is 312 g/mol. The minimum atomic E-state index is 0.0269. The van der Waals surface area contributed by atoms with Crippen molar-refractivity contribution < 1.29 is 9.21 Å². The van der Waals surface area contributed by atoms with Gasteiger partial charge in [-0.2, -0.15) is 0 Å². The fraction of sp³-hybridized carbons (Fsp3) is 0.526. The SMILES string of the molecule is Cc1ccc(C)c2c(C)c(C(=O)N3CC4CCC(N)C4C3)oc12. The molecule has 1 aliphatic carbocycles. The first-order valence-electron chi connectivity index (χ1n) is 8.51. The second-order valence-electron chi connectivity index (χ2n) is 7.33. The van der Waals surface area contributed by atoms with Gasteiger partial charge in [-0.1, -0.05) is 12.1 Å². The summed E-state index contributed by atoms with van der Waals surface area (Å²) < 4.78 is 6.01. The predicted octanol–water partition coefficient (Wildman–Crippen LogP) is 3.17. The number of benzene rings is 1. The van der Waals surface area contributed by atoms with Crippen molar-refractivity contribution >= 4 is 16.9 Å². The lowest BCUT2D eigenvalue weighted by Gasteiger charge is -2.17. The molecule has 2 fully saturated rings. The quantitative estimate of drug-likeness (QED) is 0.880. The Morgan fingerprint density at radius 1 is 1.17 bits per heavy atom. The number of fused-ring (bicyclic) bond motifs is 2. The highest BCUT2D eigenvalue weighted by Crippen LogP contribution is 2.38. The van der Waals surface area contributed by atoms with Gasteiger partial charge in [-0.3, -0.25) is 4.79 Å². The van der Waals surface area contributed by atoms with Gasteiger partial charge in [0.05, 0.1) is 0 Å². The van der Waals surface area contributed by atoms with Crippen LogP contribution >= 0.6 is 0 Å². The summed E-state index contributed by atoms with van der Waals surface area (Å²) in [7, 11) is 0. The van der Waals surface area contributed by atoms with E-state index in [9.17, 15) is 4.79 Å². The van der Waals surface area contributed by atoms with Gasteiger partial charge in [0.25, 0.3) is 5.91 Å². The van der Waals surface area contributed by atoms with Crippen LogP contribution in [0.25, 0.3) is 11.0 Å². The molecule has 3 atom stereocenters. The lowest BCUT2D eigenvalue weighted by molar-refractivity contribution is 0.0749. The van der Waals surface area contributed by atoms with E-state index >= 15 is 0 Å². The summed E-state index contributed by atoms with van der Waals surface area (Å²) in [5.74, 6) is 1.57.